The molecule has 8 heteroatoms. The quantitative estimate of drug-likeness (QED) is 0.654. The van der Waals surface area contributed by atoms with E-state index < -0.39 is 12.5 Å². The lowest BCUT2D eigenvalue weighted by atomic mass is 10.1. The van der Waals surface area contributed by atoms with Crippen LogP contribution in [0.4, 0.5) is 8.78 Å². The van der Waals surface area contributed by atoms with E-state index in [4.69, 9.17) is 17.0 Å². The van der Waals surface area contributed by atoms with Crippen molar-refractivity contribution in [3.63, 3.8) is 0 Å². The van der Waals surface area contributed by atoms with Gasteiger partial charge in [0, 0.05) is 5.56 Å². The number of carbonyl (C=O) groups is 1. The molecule has 0 atom stereocenters. The Bertz CT molecular complexity index is 590. The average Bonchev–Trinajstić information content (AvgIpc) is 2.69. The molecule has 2 N–H and O–H groups in total. The number of halogens is 2. The molecule has 0 radical (unpaired) electrons. The fraction of sp³-hybridized carbons (Fsp3) is 0.167. The predicted molar refractivity (Wildman–Crippen MR) is 71.5 cm³/mol. The van der Waals surface area contributed by atoms with Crippen LogP contribution in [0.5, 0.6) is 11.5 Å². The number of rotatable bonds is 4. The van der Waals surface area contributed by atoms with Gasteiger partial charge in [-0.05, 0) is 24.4 Å². The molecule has 2 rings (SSSR count). The molecule has 0 aliphatic carbocycles. The standard InChI is InChI=1S/C12H10F2N2O3S/c1-18-8-4-2-3-6(9(8)19-11(13)14)5-7-10(17)16-12(20)15-7/h2-5,11H,1H3,(H2,15,16,17,20)/b7-5-. The van der Waals surface area contributed by atoms with Crippen molar-refractivity contribution in [1.29, 1.82) is 0 Å². The Morgan fingerprint density at radius 1 is 1.35 bits per heavy atom. The van der Waals surface area contributed by atoms with Crippen LogP contribution < -0.4 is 20.1 Å². The van der Waals surface area contributed by atoms with Crippen LogP contribution in [0.15, 0.2) is 23.9 Å². The maximum atomic E-state index is 12.5. The summed E-state index contributed by atoms with van der Waals surface area (Å²) in [5.41, 5.74) is 0.411. The third-order valence-corrected chi connectivity index (χ3v) is 2.66. The Morgan fingerprint density at radius 2 is 2.10 bits per heavy atom. The Hall–Kier alpha value is -2.22. The van der Waals surface area contributed by atoms with Crippen LogP contribution in [0.25, 0.3) is 6.08 Å². The SMILES string of the molecule is COc1cccc(/C=C2\NC(=S)NC2=O)c1OC(F)F. The van der Waals surface area contributed by atoms with E-state index in [1.165, 1.54) is 25.3 Å². The summed E-state index contributed by atoms with van der Waals surface area (Å²) < 4.78 is 34.3. The van der Waals surface area contributed by atoms with Crippen molar-refractivity contribution < 1.29 is 23.0 Å². The summed E-state index contributed by atoms with van der Waals surface area (Å²) in [6, 6.07) is 4.59. The Labute approximate surface area is 118 Å². The van der Waals surface area contributed by atoms with Crippen molar-refractivity contribution in [3.8, 4) is 11.5 Å². The number of hydrogen-bond acceptors (Lipinski definition) is 4. The Kier molecular flexibility index (Phi) is 4.14. The highest BCUT2D eigenvalue weighted by Gasteiger charge is 2.22. The lowest BCUT2D eigenvalue weighted by Gasteiger charge is -2.12. The van der Waals surface area contributed by atoms with Crippen LogP contribution in [0.2, 0.25) is 0 Å². The highest BCUT2D eigenvalue weighted by molar-refractivity contribution is 7.80. The van der Waals surface area contributed by atoms with Gasteiger partial charge >= 0.3 is 6.61 Å². The molecule has 20 heavy (non-hydrogen) atoms. The molecule has 1 aliphatic rings. The fourth-order valence-electron chi connectivity index (χ4n) is 1.66. The zero-order chi connectivity index (χ0) is 14.7. The van der Waals surface area contributed by atoms with Gasteiger partial charge in [0.15, 0.2) is 16.6 Å². The largest absolute Gasteiger partial charge is 0.493 e. The number of alkyl halides is 2. The third-order valence-electron chi connectivity index (χ3n) is 2.46. The molecular weight excluding hydrogens is 290 g/mol. The number of methoxy groups -OCH3 is 1. The smallest absolute Gasteiger partial charge is 0.387 e. The van der Waals surface area contributed by atoms with E-state index in [1.807, 2.05) is 0 Å². The van der Waals surface area contributed by atoms with E-state index in [0.29, 0.717) is 0 Å². The first-order chi connectivity index (χ1) is 9.51. The molecule has 0 unspecified atom stereocenters. The van der Waals surface area contributed by atoms with Gasteiger partial charge in [-0.25, -0.2) is 0 Å². The lowest BCUT2D eigenvalue weighted by Crippen LogP contribution is -2.21. The summed E-state index contributed by atoms with van der Waals surface area (Å²) in [6.07, 6.45) is 1.36. The molecule has 1 aromatic carbocycles. The van der Waals surface area contributed by atoms with Crippen molar-refractivity contribution >= 4 is 29.3 Å². The molecule has 1 aromatic rings. The minimum Gasteiger partial charge on any atom is -0.493 e. The molecule has 0 spiro atoms. The van der Waals surface area contributed by atoms with Gasteiger partial charge in [0.05, 0.1) is 7.11 Å². The summed E-state index contributed by atoms with van der Waals surface area (Å²) in [6.45, 7) is -3.00. The molecule has 1 aliphatic heterocycles. The van der Waals surface area contributed by atoms with E-state index in [0.717, 1.165) is 0 Å². The zero-order valence-electron chi connectivity index (χ0n) is 10.3. The second-order valence-electron chi connectivity index (χ2n) is 3.72. The van der Waals surface area contributed by atoms with Crippen LogP contribution in [-0.4, -0.2) is 24.7 Å². The highest BCUT2D eigenvalue weighted by atomic mass is 32.1. The summed E-state index contributed by atoms with van der Waals surface area (Å²) in [7, 11) is 1.33. The number of nitrogens with one attached hydrogen (secondary N) is 2. The van der Waals surface area contributed by atoms with E-state index >= 15 is 0 Å². The van der Waals surface area contributed by atoms with E-state index in [1.54, 1.807) is 6.07 Å². The first-order valence-electron chi connectivity index (χ1n) is 5.47. The van der Waals surface area contributed by atoms with Gasteiger partial charge in [-0.2, -0.15) is 8.78 Å². The molecule has 0 saturated carbocycles. The Balaban J connectivity index is 2.43. The summed E-state index contributed by atoms with van der Waals surface area (Å²) in [5.74, 6) is -0.452. The van der Waals surface area contributed by atoms with Crippen LogP contribution in [0.1, 0.15) is 5.56 Å². The van der Waals surface area contributed by atoms with Crippen molar-refractivity contribution in [2.75, 3.05) is 7.11 Å². The fourth-order valence-corrected chi connectivity index (χ4v) is 1.86. The van der Waals surface area contributed by atoms with Crippen molar-refractivity contribution in [3.05, 3.63) is 29.5 Å². The highest BCUT2D eigenvalue weighted by Crippen LogP contribution is 2.33. The van der Waals surface area contributed by atoms with Gasteiger partial charge in [-0.1, -0.05) is 12.1 Å². The normalized spacial score (nSPS) is 16.3. The number of carbonyl (C=O) groups excluding carboxylic acids is 1. The first kappa shape index (κ1) is 14.2. The summed E-state index contributed by atoms with van der Waals surface area (Å²) >= 11 is 4.78. The molecule has 1 amide bonds. The number of benzene rings is 1. The monoisotopic (exact) mass is 300 g/mol. The summed E-state index contributed by atoms with van der Waals surface area (Å²) in [5, 5.41) is 5.14. The van der Waals surface area contributed by atoms with Gasteiger partial charge in [-0.3, -0.25) is 10.1 Å². The third kappa shape index (κ3) is 3.02. The lowest BCUT2D eigenvalue weighted by molar-refractivity contribution is -0.115. The zero-order valence-corrected chi connectivity index (χ0v) is 11.1. The molecular formula is C12H10F2N2O3S. The maximum absolute atomic E-state index is 12.5. The summed E-state index contributed by atoms with van der Waals surface area (Å²) in [4.78, 5) is 11.5. The average molecular weight is 300 g/mol. The topological polar surface area (TPSA) is 59.6 Å². The van der Waals surface area contributed by atoms with Gasteiger partial charge in [-0.15, -0.1) is 0 Å². The van der Waals surface area contributed by atoms with Crippen LogP contribution in [0.3, 0.4) is 0 Å². The first-order valence-corrected chi connectivity index (χ1v) is 5.88. The second kappa shape index (κ2) is 5.83. The maximum Gasteiger partial charge on any atom is 0.387 e. The van der Waals surface area contributed by atoms with Crippen molar-refractivity contribution in [2.45, 2.75) is 6.61 Å². The van der Waals surface area contributed by atoms with Gasteiger partial charge in [0.1, 0.15) is 5.70 Å². The van der Waals surface area contributed by atoms with E-state index in [9.17, 15) is 13.6 Å². The van der Waals surface area contributed by atoms with E-state index in [2.05, 4.69) is 15.4 Å². The minimum absolute atomic E-state index is 0.139. The molecule has 0 aromatic heterocycles. The number of ether oxygens (including phenoxy) is 2. The molecule has 0 bridgehead atoms. The van der Waals surface area contributed by atoms with Crippen molar-refractivity contribution in [2.24, 2.45) is 0 Å². The second-order valence-corrected chi connectivity index (χ2v) is 4.13. The number of thiocarbonyl (C=S) groups is 1. The predicted octanol–water partition coefficient (Wildman–Crippen LogP) is 1.64. The minimum atomic E-state index is -3.00. The van der Waals surface area contributed by atoms with Gasteiger partial charge in [0.2, 0.25) is 0 Å². The number of amides is 1. The van der Waals surface area contributed by atoms with Crippen molar-refractivity contribution in [1.82, 2.24) is 10.6 Å². The molecule has 5 nitrogen and oxygen atoms in total. The van der Waals surface area contributed by atoms with Crippen LogP contribution in [-0.2, 0) is 4.79 Å². The van der Waals surface area contributed by atoms with Gasteiger partial charge < -0.3 is 14.8 Å². The molecule has 106 valence electrons. The molecule has 1 fully saturated rings. The molecule has 1 saturated heterocycles. The number of hydrogen-bond donors (Lipinski definition) is 2. The Morgan fingerprint density at radius 3 is 2.65 bits per heavy atom. The van der Waals surface area contributed by atoms with Crippen LogP contribution in [0, 0.1) is 0 Å². The van der Waals surface area contributed by atoms with E-state index in [-0.39, 0.29) is 27.9 Å². The van der Waals surface area contributed by atoms with Crippen LogP contribution >= 0.6 is 12.2 Å². The number of para-hydroxylation sites is 1. The molecule has 1 heterocycles. The van der Waals surface area contributed by atoms with Gasteiger partial charge in [0.25, 0.3) is 5.91 Å².